The first-order valence-electron chi connectivity index (χ1n) is 8.99. The highest BCUT2D eigenvalue weighted by Gasteiger charge is 2.22. The molecule has 1 fully saturated rings. The Hall–Kier alpha value is -1.96. The van der Waals surface area contributed by atoms with Gasteiger partial charge in [0.25, 0.3) is 5.91 Å². The number of halogens is 1. The molecule has 1 saturated heterocycles. The van der Waals surface area contributed by atoms with Crippen molar-refractivity contribution >= 4 is 33.2 Å². The molecule has 4 rings (SSSR count). The topological polar surface area (TPSA) is 41.4 Å². The zero-order valence-electron chi connectivity index (χ0n) is 14.9. The van der Waals surface area contributed by atoms with Gasteiger partial charge in [-0.05, 0) is 51.8 Å². The second kappa shape index (κ2) is 8.37. The van der Waals surface area contributed by atoms with Crippen molar-refractivity contribution in [3.05, 3.63) is 74.6 Å². The lowest BCUT2D eigenvalue weighted by atomic mass is 10.1. The monoisotopic (exact) mass is 444 g/mol. The van der Waals surface area contributed by atoms with Crippen LogP contribution in [0.4, 0.5) is 0 Å². The third-order valence-corrected chi connectivity index (χ3v) is 6.38. The summed E-state index contributed by atoms with van der Waals surface area (Å²) < 4.78 is 3.05. The summed E-state index contributed by atoms with van der Waals surface area (Å²) in [7, 11) is 0. The van der Waals surface area contributed by atoms with Crippen molar-refractivity contribution in [2.24, 2.45) is 0 Å². The molecule has 0 saturated carbocycles. The Morgan fingerprint density at radius 2 is 1.81 bits per heavy atom. The van der Waals surface area contributed by atoms with E-state index in [1.165, 1.54) is 8.66 Å². The molecule has 1 amide bonds. The van der Waals surface area contributed by atoms with Crippen LogP contribution >= 0.6 is 27.3 Å². The summed E-state index contributed by atoms with van der Waals surface area (Å²) in [6.45, 7) is 5.07. The molecule has 0 radical (unpaired) electrons. The van der Waals surface area contributed by atoms with Gasteiger partial charge in [-0.25, -0.2) is 0 Å². The molecule has 7 heteroatoms. The molecule has 3 heterocycles. The van der Waals surface area contributed by atoms with Crippen LogP contribution in [-0.4, -0.2) is 51.7 Å². The maximum atomic E-state index is 12.8. The number of hydrogen-bond donors (Lipinski definition) is 0. The minimum absolute atomic E-state index is 0.124. The van der Waals surface area contributed by atoms with Crippen LogP contribution in [0.5, 0.6) is 0 Å². The molecule has 5 nitrogen and oxygen atoms in total. The summed E-state index contributed by atoms with van der Waals surface area (Å²) in [5, 5.41) is 4.22. The van der Waals surface area contributed by atoms with Crippen molar-refractivity contribution < 1.29 is 4.79 Å². The van der Waals surface area contributed by atoms with Crippen LogP contribution in [0.15, 0.2) is 58.6 Å². The van der Waals surface area contributed by atoms with E-state index >= 15 is 0 Å². The van der Waals surface area contributed by atoms with E-state index in [1.54, 1.807) is 17.5 Å². The van der Waals surface area contributed by atoms with E-state index in [-0.39, 0.29) is 5.91 Å². The van der Waals surface area contributed by atoms with Crippen molar-refractivity contribution in [1.29, 1.82) is 0 Å². The quantitative estimate of drug-likeness (QED) is 0.601. The van der Waals surface area contributed by atoms with Crippen molar-refractivity contribution in [3.63, 3.8) is 0 Å². The number of piperazine rings is 1. The highest BCUT2D eigenvalue weighted by atomic mass is 79.9. The predicted octanol–water partition coefficient (Wildman–Crippen LogP) is 3.71. The summed E-state index contributed by atoms with van der Waals surface area (Å²) in [5.74, 6) is 0.124. The van der Waals surface area contributed by atoms with Crippen LogP contribution < -0.4 is 0 Å². The van der Waals surface area contributed by atoms with Gasteiger partial charge >= 0.3 is 0 Å². The lowest BCUT2D eigenvalue weighted by Gasteiger charge is -2.34. The minimum Gasteiger partial charge on any atom is -0.336 e. The number of hydrogen-bond acceptors (Lipinski definition) is 4. The number of carbonyl (C=O) groups is 1. The standard InChI is InChI=1S/C20H21BrN4OS/c21-19-7-6-18(27-19)15-23-10-12-24(13-11-23)20(26)17-4-2-16(3-5-17)14-25-9-1-8-22-25/h1-9H,10-15H2. The number of carbonyl (C=O) groups excluding carboxylic acids is 1. The number of nitrogens with zero attached hydrogens (tertiary/aromatic N) is 4. The third-order valence-electron chi connectivity index (χ3n) is 4.77. The number of amides is 1. The molecular weight excluding hydrogens is 424 g/mol. The van der Waals surface area contributed by atoms with Gasteiger partial charge in [0.1, 0.15) is 0 Å². The summed E-state index contributed by atoms with van der Waals surface area (Å²) >= 11 is 5.29. The lowest BCUT2D eigenvalue weighted by molar-refractivity contribution is 0.0629. The first-order chi connectivity index (χ1) is 13.2. The van der Waals surface area contributed by atoms with Gasteiger partial charge in [0.15, 0.2) is 0 Å². The smallest absolute Gasteiger partial charge is 0.253 e. The van der Waals surface area contributed by atoms with Gasteiger partial charge in [0.05, 0.1) is 10.3 Å². The Kier molecular flexibility index (Phi) is 5.71. The second-order valence-corrected chi connectivity index (χ2v) is 9.22. The van der Waals surface area contributed by atoms with E-state index in [4.69, 9.17) is 0 Å². The lowest BCUT2D eigenvalue weighted by Crippen LogP contribution is -2.48. The molecule has 0 bridgehead atoms. The van der Waals surface area contributed by atoms with E-state index in [0.717, 1.165) is 50.4 Å². The number of benzene rings is 1. The largest absolute Gasteiger partial charge is 0.336 e. The third kappa shape index (κ3) is 4.66. The van der Waals surface area contributed by atoms with Crippen molar-refractivity contribution in [3.8, 4) is 0 Å². The number of rotatable bonds is 5. The van der Waals surface area contributed by atoms with Gasteiger partial charge < -0.3 is 4.90 Å². The Balaban J connectivity index is 1.31. The minimum atomic E-state index is 0.124. The van der Waals surface area contributed by atoms with Gasteiger partial charge in [-0.15, -0.1) is 11.3 Å². The van der Waals surface area contributed by atoms with Crippen LogP contribution in [0, 0.1) is 0 Å². The molecule has 140 valence electrons. The first kappa shape index (κ1) is 18.4. The molecule has 3 aromatic rings. The van der Waals surface area contributed by atoms with Gasteiger partial charge in [0, 0.05) is 55.6 Å². The molecule has 1 aliphatic heterocycles. The highest BCUT2D eigenvalue weighted by Crippen LogP contribution is 2.23. The van der Waals surface area contributed by atoms with E-state index in [1.807, 2.05) is 46.1 Å². The zero-order valence-corrected chi connectivity index (χ0v) is 17.3. The molecule has 1 aliphatic rings. The van der Waals surface area contributed by atoms with Crippen LogP contribution in [0.3, 0.4) is 0 Å². The van der Waals surface area contributed by atoms with Crippen molar-refractivity contribution in [2.45, 2.75) is 13.1 Å². The number of aromatic nitrogens is 2. The molecule has 2 aromatic heterocycles. The maximum Gasteiger partial charge on any atom is 0.253 e. The van der Waals surface area contributed by atoms with E-state index in [2.05, 4.69) is 38.1 Å². The molecule has 0 N–H and O–H groups in total. The summed E-state index contributed by atoms with van der Waals surface area (Å²) in [5.41, 5.74) is 1.90. The zero-order chi connectivity index (χ0) is 18.6. The summed E-state index contributed by atoms with van der Waals surface area (Å²) in [6.07, 6.45) is 3.71. The molecule has 0 unspecified atom stereocenters. The molecular formula is C20H21BrN4OS. The van der Waals surface area contributed by atoms with Gasteiger partial charge in [-0.2, -0.15) is 5.10 Å². The molecule has 0 spiro atoms. The van der Waals surface area contributed by atoms with Crippen LogP contribution in [0.1, 0.15) is 20.8 Å². The Bertz CT molecular complexity index is 883. The first-order valence-corrected chi connectivity index (χ1v) is 10.6. The SMILES string of the molecule is O=C(c1ccc(Cn2cccn2)cc1)N1CCN(Cc2ccc(Br)s2)CC1. The summed E-state index contributed by atoms with van der Waals surface area (Å²) in [6, 6.07) is 14.1. The fourth-order valence-corrected chi connectivity index (χ4v) is 4.81. The Morgan fingerprint density at radius 1 is 1.04 bits per heavy atom. The normalized spacial score (nSPS) is 15.2. The Morgan fingerprint density at radius 3 is 2.44 bits per heavy atom. The predicted molar refractivity (Wildman–Crippen MR) is 111 cm³/mol. The van der Waals surface area contributed by atoms with Gasteiger partial charge in [-0.1, -0.05) is 12.1 Å². The van der Waals surface area contributed by atoms with Crippen LogP contribution in [0.25, 0.3) is 0 Å². The van der Waals surface area contributed by atoms with E-state index in [9.17, 15) is 4.79 Å². The Labute approximate surface area is 171 Å². The van der Waals surface area contributed by atoms with Gasteiger partial charge in [0.2, 0.25) is 0 Å². The average molecular weight is 445 g/mol. The van der Waals surface area contributed by atoms with Crippen molar-refractivity contribution in [1.82, 2.24) is 19.6 Å². The average Bonchev–Trinajstić information content (AvgIpc) is 3.34. The molecule has 27 heavy (non-hydrogen) atoms. The van der Waals surface area contributed by atoms with E-state index in [0.29, 0.717) is 0 Å². The fourth-order valence-electron chi connectivity index (χ4n) is 3.28. The highest BCUT2D eigenvalue weighted by molar-refractivity contribution is 9.11. The molecule has 0 aliphatic carbocycles. The fraction of sp³-hybridized carbons (Fsp3) is 0.300. The van der Waals surface area contributed by atoms with Crippen LogP contribution in [0.2, 0.25) is 0 Å². The van der Waals surface area contributed by atoms with Crippen LogP contribution in [-0.2, 0) is 13.1 Å². The second-order valence-electron chi connectivity index (χ2n) is 6.67. The maximum absolute atomic E-state index is 12.8. The molecule has 0 atom stereocenters. The summed E-state index contributed by atoms with van der Waals surface area (Å²) in [4.78, 5) is 18.5. The molecule has 1 aromatic carbocycles. The van der Waals surface area contributed by atoms with E-state index < -0.39 is 0 Å². The van der Waals surface area contributed by atoms with Gasteiger partial charge in [-0.3, -0.25) is 14.4 Å². The van der Waals surface area contributed by atoms with Crippen molar-refractivity contribution in [2.75, 3.05) is 26.2 Å². The number of thiophene rings is 1.